The minimum atomic E-state index is -0.169. The molecule has 0 fully saturated rings. The Bertz CT molecular complexity index is 1850. The van der Waals surface area contributed by atoms with Crippen molar-refractivity contribution in [2.75, 3.05) is 25.2 Å². The first kappa shape index (κ1) is 30.2. The number of methoxy groups -OCH3 is 1. The summed E-state index contributed by atoms with van der Waals surface area (Å²) in [6.07, 6.45) is 12.0. The predicted molar refractivity (Wildman–Crippen MR) is 186 cm³/mol. The lowest BCUT2D eigenvalue weighted by Gasteiger charge is -2.27. The molecule has 2 aliphatic heterocycles. The van der Waals surface area contributed by atoms with Crippen LogP contribution < -0.4 is 4.90 Å². The summed E-state index contributed by atoms with van der Waals surface area (Å²) in [5, 5.41) is 3.46. The van der Waals surface area contributed by atoms with Crippen molar-refractivity contribution in [3.05, 3.63) is 118 Å². The van der Waals surface area contributed by atoms with Crippen LogP contribution in [0, 0.1) is 12.0 Å². The Hall–Kier alpha value is -3.84. The fraction of sp³-hybridized carbons (Fsp3) is 0.325. The van der Waals surface area contributed by atoms with Crippen molar-refractivity contribution in [3.8, 4) is 12.0 Å². The molecular formula is C40H42ClN2O+. The molecular weight excluding hydrogens is 560 g/mol. The molecule has 0 radical (unpaired) electrons. The van der Waals surface area contributed by atoms with Gasteiger partial charge in [0.05, 0.1) is 12.0 Å². The highest BCUT2D eigenvalue weighted by atomic mass is 35.5. The van der Waals surface area contributed by atoms with Crippen molar-refractivity contribution in [1.82, 2.24) is 0 Å². The number of halogens is 1. The normalized spacial score (nSPS) is 20.6. The van der Waals surface area contributed by atoms with Crippen molar-refractivity contribution in [1.29, 1.82) is 0 Å². The highest BCUT2D eigenvalue weighted by Gasteiger charge is 2.44. The van der Waals surface area contributed by atoms with E-state index in [0.29, 0.717) is 6.61 Å². The van der Waals surface area contributed by atoms with Gasteiger partial charge in [0.15, 0.2) is 0 Å². The van der Waals surface area contributed by atoms with Gasteiger partial charge in [-0.2, -0.15) is 0 Å². The number of rotatable bonds is 6. The van der Waals surface area contributed by atoms with Crippen LogP contribution in [-0.2, 0) is 15.6 Å². The van der Waals surface area contributed by atoms with E-state index in [-0.39, 0.29) is 10.8 Å². The molecule has 2 heterocycles. The third-order valence-corrected chi connectivity index (χ3v) is 10.0. The van der Waals surface area contributed by atoms with Gasteiger partial charge in [0, 0.05) is 60.1 Å². The summed E-state index contributed by atoms with van der Waals surface area (Å²) in [5.41, 5.74) is 9.60. The van der Waals surface area contributed by atoms with E-state index in [1.165, 1.54) is 50.1 Å². The number of nitrogens with zero attached hydrogens (tertiary/aromatic N) is 2. The lowest BCUT2D eigenvalue weighted by atomic mass is 9.80. The topological polar surface area (TPSA) is 15.5 Å². The first-order valence-electron chi connectivity index (χ1n) is 15.7. The Kier molecular flexibility index (Phi) is 8.18. The summed E-state index contributed by atoms with van der Waals surface area (Å²) in [5.74, 6) is 3.11. The van der Waals surface area contributed by atoms with Gasteiger partial charge in [-0.05, 0) is 78.7 Å². The second-order valence-corrected chi connectivity index (χ2v) is 13.3. The highest BCUT2D eigenvalue weighted by molar-refractivity contribution is 6.32. The summed E-state index contributed by atoms with van der Waals surface area (Å²) in [7, 11) is 1.77. The van der Waals surface area contributed by atoms with Crippen LogP contribution in [0.15, 0.2) is 107 Å². The lowest BCUT2D eigenvalue weighted by molar-refractivity contribution is -0.332. The molecule has 0 atom stereocenters. The van der Waals surface area contributed by atoms with Gasteiger partial charge in [-0.15, -0.1) is 4.58 Å². The van der Waals surface area contributed by atoms with E-state index < -0.39 is 0 Å². The van der Waals surface area contributed by atoms with E-state index in [1.807, 2.05) is 6.92 Å². The quantitative estimate of drug-likeness (QED) is 0.206. The van der Waals surface area contributed by atoms with Crippen molar-refractivity contribution < 1.29 is 9.31 Å². The Balaban J connectivity index is 1.38. The minimum Gasteiger partial charge on any atom is -0.383 e. The van der Waals surface area contributed by atoms with Gasteiger partial charge in [-0.25, -0.2) is 0 Å². The van der Waals surface area contributed by atoms with Gasteiger partial charge >= 0.3 is 0 Å². The van der Waals surface area contributed by atoms with Crippen molar-refractivity contribution >= 4 is 39.5 Å². The van der Waals surface area contributed by atoms with Crippen LogP contribution in [0.25, 0.3) is 10.8 Å². The van der Waals surface area contributed by atoms with Crippen LogP contribution in [0.5, 0.6) is 0 Å². The van der Waals surface area contributed by atoms with Gasteiger partial charge in [-0.1, -0.05) is 86.1 Å². The molecule has 44 heavy (non-hydrogen) atoms. The Labute approximate surface area is 267 Å². The van der Waals surface area contributed by atoms with Gasteiger partial charge < -0.3 is 9.64 Å². The van der Waals surface area contributed by atoms with Crippen LogP contribution in [0.2, 0.25) is 0 Å². The summed E-state index contributed by atoms with van der Waals surface area (Å²) in [4.78, 5) is 2.43. The molecule has 0 spiro atoms. The number of ether oxygens (including phenoxy) is 1. The summed E-state index contributed by atoms with van der Waals surface area (Å²) >= 11 is 7.18. The molecule has 0 amide bonds. The SMILES string of the molecule is CC#C[N+]1=C(/C=C/C2=C(Cl)C(=C/C=C3/N(CCOC)c4ccc5ccccc5c4C3(C)C)/CCC2)C(C)(C)c2ccccc21. The van der Waals surface area contributed by atoms with Crippen molar-refractivity contribution in [3.63, 3.8) is 0 Å². The van der Waals surface area contributed by atoms with E-state index in [1.54, 1.807) is 7.11 Å². The van der Waals surface area contributed by atoms with Gasteiger partial charge in [0.2, 0.25) is 17.4 Å². The molecule has 1 aliphatic carbocycles. The van der Waals surface area contributed by atoms with Crippen molar-refractivity contribution in [2.45, 2.75) is 64.7 Å². The maximum atomic E-state index is 7.18. The van der Waals surface area contributed by atoms with Crippen molar-refractivity contribution in [2.24, 2.45) is 0 Å². The third-order valence-electron chi connectivity index (χ3n) is 9.54. The standard InChI is InChI=1S/C40H42ClN2O/c1-7-25-42-33-18-11-10-17-32(33)39(2,3)35(42)23-20-29-14-12-15-30(38(29)41)21-24-36-40(4,5)37-31-16-9-8-13-28(31)19-22-34(37)43(36)26-27-44-6/h8-11,13,16-24H,12,14-15,26-27H2,1-6H3/q+1. The fourth-order valence-electron chi connectivity index (χ4n) is 7.29. The van der Waals surface area contributed by atoms with Gasteiger partial charge in [-0.3, -0.25) is 0 Å². The van der Waals surface area contributed by atoms with Crippen LogP contribution in [0.4, 0.5) is 11.4 Å². The summed E-state index contributed by atoms with van der Waals surface area (Å²) in [6.45, 7) is 12.6. The molecule has 3 nitrogen and oxygen atoms in total. The average Bonchev–Trinajstić information content (AvgIpc) is 3.37. The zero-order valence-electron chi connectivity index (χ0n) is 26.8. The molecule has 0 bridgehead atoms. The second-order valence-electron chi connectivity index (χ2n) is 12.9. The Morgan fingerprint density at radius 1 is 0.932 bits per heavy atom. The number of hydrogen-bond donors (Lipinski definition) is 0. The second kappa shape index (κ2) is 11.9. The van der Waals surface area contributed by atoms with E-state index in [9.17, 15) is 0 Å². The molecule has 0 saturated heterocycles. The van der Waals surface area contributed by atoms with Crippen LogP contribution in [0.1, 0.15) is 65.0 Å². The molecule has 0 saturated carbocycles. The predicted octanol–water partition coefficient (Wildman–Crippen LogP) is 9.68. The van der Waals surface area contributed by atoms with E-state index >= 15 is 0 Å². The van der Waals surface area contributed by atoms with Crippen LogP contribution in [-0.4, -0.2) is 30.5 Å². The lowest BCUT2D eigenvalue weighted by Crippen LogP contribution is -2.29. The zero-order chi connectivity index (χ0) is 31.1. The maximum absolute atomic E-state index is 7.18. The molecule has 4 heteroatoms. The number of hydrogen-bond acceptors (Lipinski definition) is 2. The average molecular weight is 602 g/mol. The van der Waals surface area contributed by atoms with Gasteiger partial charge in [0.1, 0.15) is 0 Å². The number of para-hydroxylation sites is 1. The maximum Gasteiger partial charge on any atom is 0.229 e. The van der Waals surface area contributed by atoms with Gasteiger partial charge in [0.25, 0.3) is 0 Å². The number of fused-ring (bicyclic) bond motifs is 4. The molecule has 3 aromatic carbocycles. The first-order valence-corrected chi connectivity index (χ1v) is 16.0. The minimum absolute atomic E-state index is 0.152. The monoisotopic (exact) mass is 601 g/mol. The third kappa shape index (κ3) is 5.05. The largest absolute Gasteiger partial charge is 0.383 e. The first-order chi connectivity index (χ1) is 21.2. The van der Waals surface area contributed by atoms with E-state index in [4.69, 9.17) is 16.3 Å². The van der Waals surface area contributed by atoms with Crippen LogP contribution in [0.3, 0.4) is 0 Å². The molecule has 0 N–H and O–H groups in total. The molecule has 0 unspecified atom stereocenters. The smallest absolute Gasteiger partial charge is 0.229 e. The fourth-order valence-corrected chi connectivity index (χ4v) is 7.60. The van der Waals surface area contributed by atoms with E-state index in [0.717, 1.165) is 36.5 Å². The summed E-state index contributed by atoms with van der Waals surface area (Å²) in [6, 6.07) is 25.1. The van der Waals surface area contributed by atoms with Crippen LogP contribution >= 0.6 is 11.6 Å². The summed E-state index contributed by atoms with van der Waals surface area (Å²) < 4.78 is 7.68. The Morgan fingerprint density at radius 3 is 2.50 bits per heavy atom. The van der Waals surface area contributed by atoms with E-state index in [2.05, 4.69) is 134 Å². The number of allylic oxidation sites excluding steroid dienone is 8. The highest BCUT2D eigenvalue weighted by Crippen LogP contribution is 2.51. The Morgan fingerprint density at radius 2 is 1.70 bits per heavy atom. The number of benzene rings is 3. The molecule has 6 rings (SSSR count). The molecule has 3 aliphatic rings. The zero-order valence-corrected chi connectivity index (χ0v) is 27.6. The molecule has 224 valence electrons. The molecule has 0 aromatic heterocycles. The molecule has 3 aromatic rings. The number of anilines is 1.